The predicted molar refractivity (Wildman–Crippen MR) is 71.8 cm³/mol. The Morgan fingerprint density at radius 3 is 2.27 bits per heavy atom. The number of halogens is 2. The van der Waals surface area contributed by atoms with Gasteiger partial charge in [-0.25, -0.2) is 0 Å². The molecule has 0 atom stereocenters. The van der Waals surface area contributed by atoms with Crippen molar-refractivity contribution in [3.8, 4) is 0 Å². The van der Waals surface area contributed by atoms with E-state index in [2.05, 4.69) is 50.9 Å². The summed E-state index contributed by atoms with van der Waals surface area (Å²) in [5.74, 6) is 0. The van der Waals surface area contributed by atoms with E-state index in [1.165, 1.54) is 5.56 Å². The second-order valence-corrected chi connectivity index (χ2v) is 5.18. The number of rotatable bonds is 6. The molecule has 0 aliphatic carbocycles. The maximum atomic E-state index is 5.71. The monoisotopic (exact) mass is 334 g/mol. The van der Waals surface area contributed by atoms with Crippen molar-refractivity contribution in [2.24, 2.45) is 5.41 Å². The molecule has 0 unspecified atom stereocenters. The molecule has 1 aromatic rings. The van der Waals surface area contributed by atoms with Crippen LogP contribution in [0.25, 0.3) is 0 Å². The summed E-state index contributed by atoms with van der Waals surface area (Å²) in [4.78, 5) is 0. The Hall–Kier alpha value is 0.140. The Labute approximate surface area is 108 Å². The molecule has 0 saturated carbocycles. The van der Waals surface area contributed by atoms with Gasteiger partial charge in [-0.15, -0.1) is 0 Å². The van der Waals surface area contributed by atoms with Crippen LogP contribution in [0.4, 0.5) is 0 Å². The minimum absolute atomic E-state index is 0.175. The van der Waals surface area contributed by atoms with Gasteiger partial charge in [0.15, 0.2) is 0 Å². The number of hydrogen-bond donors (Lipinski definition) is 0. The SMILES string of the molecule is CC(CBr)(CBr)COCc1ccccc1. The van der Waals surface area contributed by atoms with Crippen LogP contribution in [0.3, 0.4) is 0 Å². The minimum atomic E-state index is 0.175. The fraction of sp³-hybridized carbons (Fsp3) is 0.500. The molecule has 3 heteroatoms. The molecule has 0 bridgehead atoms. The van der Waals surface area contributed by atoms with Crippen molar-refractivity contribution in [3.05, 3.63) is 35.9 Å². The van der Waals surface area contributed by atoms with Crippen molar-refractivity contribution in [1.29, 1.82) is 0 Å². The average molecular weight is 336 g/mol. The summed E-state index contributed by atoms with van der Waals surface area (Å²) in [6.45, 7) is 3.65. The third kappa shape index (κ3) is 4.66. The zero-order valence-electron chi connectivity index (χ0n) is 8.88. The van der Waals surface area contributed by atoms with Crippen LogP contribution < -0.4 is 0 Å². The van der Waals surface area contributed by atoms with Crippen molar-refractivity contribution in [2.45, 2.75) is 13.5 Å². The molecule has 0 fully saturated rings. The van der Waals surface area contributed by atoms with Crippen LogP contribution in [0.1, 0.15) is 12.5 Å². The van der Waals surface area contributed by atoms with Crippen molar-refractivity contribution in [1.82, 2.24) is 0 Å². The number of alkyl halides is 2. The van der Waals surface area contributed by atoms with Gasteiger partial charge in [0.05, 0.1) is 13.2 Å². The first kappa shape index (κ1) is 13.2. The summed E-state index contributed by atoms with van der Waals surface area (Å²) in [7, 11) is 0. The number of benzene rings is 1. The van der Waals surface area contributed by atoms with Crippen LogP contribution in [0, 0.1) is 5.41 Å². The average Bonchev–Trinajstić information content (AvgIpc) is 2.30. The maximum Gasteiger partial charge on any atom is 0.0717 e. The van der Waals surface area contributed by atoms with Gasteiger partial charge in [0.25, 0.3) is 0 Å². The van der Waals surface area contributed by atoms with E-state index in [0.29, 0.717) is 6.61 Å². The summed E-state index contributed by atoms with van der Waals surface area (Å²) in [6.07, 6.45) is 0. The highest BCUT2D eigenvalue weighted by Crippen LogP contribution is 2.23. The van der Waals surface area contributed by atoms with Crippen LogP contribution in [0.15, 0.2) is 30.3 Å². The summed E-state index contributed by atoms with van der Waals surface area (Å²) in [6, 6.07) is 10.3. The summed E-state index contributed by atoms with van der Waals surface area (Å²) in [5.41, 5.74) is 1.40. The van der Waals surface area contributed by atoms with Crippen molar-refractivity contribution >= 4 is 31.9 Å². The van der Waals surface area contributed by atoms with Crippen LogP contribution in [-0.4, -0.2) is 17.3 Å². The molecule has 0 amide bonds. The van der Waals surface area contributed by atoms with Crippen LogP contribution in [0.2, 0.25) is 0 Å². The van der Waals surface area contributed by atoms with Crippen molar-refractivity contribution in [3.63, 3.8) is 0 Å². The molecular formula is C12H16Br2O. The third-order valence-corrected chi connectivity index (χ3v) is 4.91. The lowest BCUT2D eigenvalue weighted by Gasteiger charge is -2.24. The van der Waals surface area contributed by atoms with E-state index >= 15 is 0 Å². The molecule has 0 aliphatic heterocycles. The van der Waals surface area contributed by atoms with Gasteiger partial charge in [-0.3, -0.25) is 0 Å². The molecule has 84 valence electrons. The van der Waals surface area contributed by atoms with Gasteiger partial charge < -0.3 is 4.74 Å². The zero-order valence-corrected chi connectivity index (χ0v) is 12.1. The lowest BCUT2D eigenvalue weighted by Crippen LogP contribution is -2.26. The standard InChI is InChI=1S/C12H16Br2O/c1-12(8-13,9-14)10-15-7-11-5-3-2-4-6-11/h2-6H,7-10H2,1H3. The van der Waals surface area contributed by atoms with E-state index in [0.717, 1.165) is 17.3 Å². The molecule has 1 nitrogen and oxygen atoms in total. The first-order valence-corrected chi connectivity index (χ1v) is 7.18. The fourth-order valence-electron chi connectivity index (χ4n) is 1.10. The van der Waals surface area contributed by atoms with Gasteiger partial charge in [0, 0.05) is 16.1 Å². The highest BCUT2D eigenvalue weighted by Gasteiger charge is 2.21. The molecule has 0 N–H and O–H groups in total. The van der Waals surface area contributed by atoms with Crippen molar-refractivity contribution in [2.75, 3.05) is 17.3 Å². The topological polar surface area (TPSA) is 9.23 Å². The largest absolute Gasteiger partial charge is 0.376 e. The maximum absolute atomic E-state index is 5.71. The Kier molecular flexibility index (Phi) is 5.87. The molecule has 1 rings (SSSR count). The summed E-state index contributed by atoms with van der Waals surface area (Å²) >= 11 is 7.02. The third-order valence-electron chi connectivity index (χ3n) is 2.21. The summed E-state index contributed by atoms with van der Waals surface area (Å²) in [5, 5.41) is 1.89. The molecule has 0 aliphatic rings. The lowest BCUT2D eigenvalue weighted by atomic mass is 9.98. The molecule has 15 heavy (non-hydrogen) atoms. The van der Waals surface area contributed by atoms with Crippen LogP contribution >= 0.6 is 31.9 Å². The Morgan fingerprint density at radius 1 is 1.13 bits per heavy atom. The molecule has 0 radical (unpaired) electrons. The van der Waals surface area contributed by atoms with Gasteiger partial charge in [0.2, 0.25) is 0 Å². The number of hydrogen-bond acceptors (Lipinski definition) is 1. The first-order valence-electron chi connectivity index (χ1n) is 4.94. The van der Waals surface area contributed by atoms with Gasteiger partial charge in [-0.05, 0) is 5.56 Å². The normalized spacial score (nSPS) is 11.7. The molecule has 0 aromatic heterocycles. The highest BCUT2D eigenvalue weighted by atomic mass is 79.9. The number of ether oxygens (including phenoxy) is 1. The Balaban J connectivity index is 2.33. The fourth-order valence-corrected chi connectivity index (χ4v) is 2.35. The summed E-state index contributed by atoms with van der Waals surface area (Å²) < 4.78 is 5.71. The highest BCUT2D eigenvalue weighted by molar-refractivity contribution is 9.09. The second kappa shape index (κ2) is 6.66. The van der Waals surface area contributed by atoms with Gasteiger partial charge in [-0.1, -0.05) is 69.1 Å². The van der Waals surface area contributed by atoms with E-state index in [1.807, 2.05) is 18.2 Å². The molecule has 0 saturated heterocycles. The molecule has 0 spiro atoms. The smallest absolute Gasteiger partial charge is 0.0717 e. The van der Waals surface area contributed by atoms with Gasteiger partial charge in [-0.2, -0.15) is 0 Å². The first-order chi connectivity index (χ1) is 7.20. The van der Waals surface area contributed by atoms with Gasteiger partial charge in [0.1, 0.15) is 0 Å². The zero-order chi connectivity index (χ0) is 11.1. The van der Waals surface area contributed by atoms with Crippen LogP contribution in [-0.2, 0) is 11.3 Å². The van der Waals surface area contributed by atoms with Crippen molar-refractivity contribution < 1.29 is 4.74 Å². The molecule has 1 aromatic carbocycles. The van der Waals surface area contributed by atoms with E-state index in [1.54, 1.807) is 0 Å². The molecule has 0 heterocycles. The predicted octanol–water partition coefficient (Wildman–Crippen LogP) is 4.00. The Bertz CT molecular complexity index is 270. The van der Waals surface area contributed by atoms with E-state index in [9.17, 15) is 0 Å². The lowest BCUT2D eigenvalue weighted by molar-refractivity contribution is 0.0650. The molecular weight excluding hydrogens is 320 g/mol. The minimum Gasteiger partial charge on any atom is -0.376 e. The second-order valence-electron chi connectivity index (χ2n) is 4.06. The quantitative estimate of drug-likeness (QED) is 0.714. The van der Waals surface area contributed by atoms with Gasteiger partial charge >= 0.3 is 0 Å². The Morgan fingerprint density at radius 2 is 1.73 bits per heavy atom. The van der Waals surface area contributed by atoms with E-state index < -0.39 is 0 Å². The van der Waals surface area contributed by atoms with Crippen LogP contribution in [0.5, 0.6) is 0 Å². The van der Waals surface area contributed by atoms with E-state index in [-0.39, 0.29) is 5.41 Å². The van der Waals surface area contributed by atoms with E-state index in [4.69, 9.17) is 4.74 Å².